The molecule has 1 aromatic carbocycles. The molecule has 2 aromatic rings. The molecule has 1 atom stereocenters. The molecular weight excluding hydrogens is 232 g/mol. The van der Waals surface area contributed by atoms with Gasteiger partial charge < -0.3 is 0 Å². The quantitative estimate of drug-likeness (QED) is 0.814. The first-order chi connectivity index (χ1) is 8.27. The number of hydrogen-bond donors (Lipinski definition) is 2. The van der Waals surface area contributed by atoms with E-state index >= 15 is 0 Å². The first-order valence-corrected chi connectivity index (χ1v) is 6.29. The van der Waals surface area contributed by atoms with Gasteiger partial charge in [-0.25, -0.2) is 5.43 Å². The van der Waals surface area contributed by atoms with Crippen LogP contribution in [-0.4, -0.2) is 5.91 Å². The molecule has 0 aliphatic rings. The number of nitrogens with one attached hydrogen (secondary N) is 2. The van der Waals surface area contributed by atoms with E-state index in [0.29, 0.717) is 5.56 Å². The molecule has 0 fully saturated rings. The van der Waals surface area contributed by atoms with E-state index in [4.69, 9.17) is 0 Å². The Morgan fingerprint density at radius 3 is 2.59 bits per heavy atom. The van der Waals surface area contributed by atoms with Crippen molar-refractivity contribution in [3.05, 3.63) is 58.3 Å². The summed E-state index contributed by atoms with van der Waals surface area (Å²) in [5, 5.41) is 2.02. The Morgan fingerprint density at radius 1 is 1.18 bits per heavy atom. The molecule has 0 saturated carbocycles. The van der Waals surface area contributed by atoms with Crippen LogP contribution in [-0.2, 0) is 0 Å². The number of hydrogen-bond acceptors (Lipinski definition) is 3. The van der Waals surface area contributed by atoms with Gasteiger partial charge in [0.15, 0.2) is 0 Å². The third-order valence-corrected chi connectivity index (χ3v) is 3.46. The summed E-state index contributed by atoms with van der Waals surface area (Å²) in [4.78, 5) is 12.9. The van der Waals surface area contributed by atoms with E-state index in [0.717, 1.165) is 0 Å². The van der Waals surface area contributed by atoms with Crippen molar-refractivity contribution in [3.63, 3.8) is 0 Å². The van der Waals surface area contributed by atoms with Gasteiger partial charge in [0.05, 0.1) is 6.04 Å². The number of amides is 1. The van der Waals surface area contributed by atoms with Crippen LogP contribution in [0.15, 0.2) is 47.8 Å². The largest absolute Gasteiger partial charge is 0.287 e. The lowest BCUT2D eigenvalue weighted by Gasteiger charge is -2.13. The monoisotopic (exact) mass is 246 g/mol. The summed E-state index contributed by atoms with van der Waals surface area (Å²) < 4.78 is 0. The van der Waals surface area contributed by atoms with Gasteiger partial charge in [-0.3, -0.25) is 10.2 Å². The summed E-state index contributed by atoms with van der Waals surface area (Å²) in [7, 11) is 0. The second-order valence-corrected chi connectivity index (χ2v) is 4.68. The van der Waals surface area contributed by atoms with Crippen LogP contribution in [0.2, 0.25) is 0 Å². The minimum Gasteiger partial charge on any atom is -0.287 e. The molecule has 0 aliphatic heterocycles. The third kappa shape index (κ3) is 3.15. The van der Waals surface area contributed by atoms with Gasteiger partial charge in [-0.05, 0) is 30.5 Å². The molecule has 0 spiro atoms. The maximum atomic E-state index is 11.7. The number of carbonyl (C=O) groups is 1. The number of benzene rings is 1. The molecule has 1 unspecified atom stereocenters. The Morgan fingerprint density at radius 2 is 1.94 bits per heavy atom. The highest BCUT2D eigenvalue weighted by atomic mass is 32.1. The van der Waals surface area contributed by atoms with Crippen molar-refractivity contribution in [3.8, 4) is 0 Å². The molecule has 0 bridgehead atoms. The predicted octanol–water partition coefficient (Wildman–Crippen LogP) is 2.74. The van der Waals surface area contributed by atoms with Crippen molar-refractivity contribution >= 4 is 17.2 Å². The molecule has 88 valence electrons. The zero-order chi connectivity index (χ0) is 12.1. The highest BCUT2D eigenvalue weighted by molar-refractivity contribution is 7.10. The molecule has 17 heavy (non-hydrogen) atoms. The molecule has 2 N–H and O–H groups in total. The number of rotatable bonds is 4. The minimum atomic E-state index is -0.117. The van der Waals surface area contributed by atoms with Crippen LogP contribution in [0.4, 0.5) is 0 Å². The van der Waals surface area contributed by atoms with Crippen molar-refractivity contribution < 1.29 is 4.79 Å². The van der Waals surface area contributed by atoms with Crippen LogP contribution in [0.3, 0.4) is 0 Å². The van der Waals surface area contributed by atoms with Gasteiger partial charge in [-0.2, -0.15) is 0 Å². The van der Waals surface area contributed by atoms with Gasteiger partial charge in [0.1, 0.15) is 0 Å². The number of thiophene rings is 1. The molecule has 1 amide bonds. The van der Waals surface area contributed by atoms with Crippen LogP contribution in [0.25, 0.3) is 0 Å². The van der Waals surface area contributed by atoms with E-state index in [1.54, 1.807) is 23.5 Å². The van der Waals surface area contributed by atoms with Crippen LogP contribution in [0.5, 0.6) is 0 Å². The molecular formula is C13H14N2OS. The van der Waals surface area contributed by atoms with Gasteiger partial charge in [-0.1, -0.05) is 24.3 Å². The average molecular weight is 246 g/mol. The maximum absolute atomic E-state index is 11.7. The van der Waals surface area contributed by atoms with Crippen LogP contribution in [0, 0.1) is 0 Å². The van der Waals surface area contributed by atoms with E-state index in [-0.39, 0.29) is 11.9 Å². The van der Waals surface area contributed by atoms with Crippen LogP contribution in [0.1, 0.15) is 28.2 Å². The molecule has 1 heterocycles. The first-order valence-electron chi connectivity index (χ1n) is 5.41. The fourth-order valence-electron chi connectivity index (χ4n) is 1.44. The molecule has 0 aliphatic carbocycles. The molecule has 4 heteroatoms. The minimum absolute atomic E-state index is 0.114. The van der Waals surface area contributed by atoms with Gasteiger partial charge in [0.2, 0.25) is 0 Å². The van der Waals surface area contributed by atoms with Gasteiger partial charge in [0.25, 0.3) is 5.91 Å². The zero-order valence-electron chi connectivity index (χ0n) is 9.51. The Bertz CT molecular complexity index is 467. The predicted molar refractivity (Wildman–Crippen MR) is 69.8 cm³/mol. The van der Waals surface area contributed by atoms with E-state index in [1.165, 1.54) is 4.88 Å². The zero-order valence-corrected chi connectivity index (χ0v) is 10.3. The summed E-state index contributed by atoms with van der Waals surface area (Å²) in [6, 6.07) is 13.3. The van der Waals surface area contributed by atoms with Crippen molar-refractivity contribution in [1.82, 2.24) is 10.9 Å². The van der Waals surface area contributed by atoms with Crippen molar-refractivity contribution in [2.75, 3.05) is 0 Å². The fraction of sp³-hybridized carbons (Fsp3) is 0.154. The second-order valence-electron chi connectivity index (χ2n) is 3.70. The van der Waals surface area contributed by atoms with Crippen molar-refractivity contribution in [1.29, 1.82) is 0 Å². The van der Waals surface area contributed by atoms with Crippen molar-refractivity contribution in [2.24, 2.45) is 0 Å². The van der Waals surface area contributed by atoms with Crippen molar-refractivity contribution in [2.45, 2.75) is 13.0 Å². The summed E-state index contributed by atoms with van der Waals surface area (Å²) in [6.07, 6.45) is 0. The second kappa shape index (κ2) is 5.61. The molecule has 0 saturated heterocycles. The van der Waals surface area contributed by atoms with E-state index in [1.807, 2.05) is 42.6 Å². The highest BCUT2D eigenvalue weighted by Gasteiger charge is 2.08. The number of hydrazine groups is 1. The van der Waals surface area contributed by atoms with E-state index in [9.17, 15) is 4.79 Å². The Hall–Kier alpha value is -1.65. The SMILES string of the molecule is CC(NNC(=O)c1ccccc1)c1cccs1. The summed E-state index contributed by atoms with van der Waals surface area (Å²) in [5.41, 5.74) is 6.35. The third-order valence-electron chi connectivity index (χ3n) is 2.41. The smallest absolute Gasteiger partial charge is 0.265 e. The first kappa shape index (κ1) is 11.8. The summed E-state index contributed by atoms with van der Waals surface area (Å²) >= 11 is 1.66. The number of carbonyl (C=O) groups excluding carboxylic acids is 1. The Kier molecular flexibility index (Phi) is 3.90. The van der Waals surface area contributed by atoms with Gasteiger partial charge in [0, 0.05) is 10.4 Å². The van der Waals surface area contributed by atoms with Gasteiger partial charge >= 0.3 is 0 Å². The van der Waals surface area contributed by atoms with E-state index < -0.39 is 0 Å². The summed E-state index contributed by atoms with van der Waals surface area (Å²) in [5.74, 6) is -0.117. The normalized spacial score (nSPS) is 12.1. The lowest BCUT2D eigenvalue weighted by Crippen LogP contribution is -2.38. The molecule has 0 radical (unpaired) electrons. The molecule has 2 rings (SSSR count). The molecule has 1 aromatic heterocycles. The summed E-state index contributed by atoms with van der Waals surface area (Å²) in [6.45, 7) is 2.01. The fourth-order valence-corrected chi connectivity index (χ4v) is 2.18. The van der Waals surface area contributed by atoms with Crippen LogP contribution < -0.4 is 10.9 Å². The molecule has 3 nitrogen and oxygen atoms in total. The Balaban J connectivity index is 1.89. The average Bonchev–Trinajstić information content (AvgIpc) is 2.90. The van der Waals surface area contributed by atoms with E-state index in [2.05, 4.69) is 10.9 Å². The van der Waals surface area contributed by atoms with Gasteiger partial charge in [-0.15, -0.1) is 11.3 Å². The lowest BCUT2D eigenvalue weighted by atomic mass is 10.2. The Labute approximate surface area is 104 Å². The lowest BCUT2D eigenvalue weighted by molar-refractivity contribution is 0.0926. The van der Waals surface area contributed by atoms with Crippen LogP contribution >= 0.6 is 11.3 Å². The standard InChI is InChI=1S/C13H14N2OS/c1-10(12-8-5-9-17-12)14-15-13(16)11-6-3-2-4-7-11/h2-10,14H,1H3,(H,15,16). The highest BCUT2D eigenvalue weighted by Crippen LogP contribution is 2.17. The topological polar surface area (TPSA) is 41.1 Å². The maximum Gasteiger partial charge on any atom is 0.265 e.